The van der Waals surface area contributed by atoms with Crippen molar-refractivity contribution in [3.63, 3.8) is 0 Å². The summed E-state index contributed by atoms with van der Waals surface area (Å²) in [5.74, 6) is -1.10. The third-order valence-corrected chi connectivity index (χ3v) is 5.54. The molecule has 0 aromatic heterocycles. The van der Waals surface area contributed by atoms with Crippen LogP contribution in [0.5, 0.6) is 0 Å². The number of carbonyl (C=O) groups excluding carboxylic acids is 1. The van der Waals surface area contributed by atoms with Crippen LogP contribution in [0.3, 0.4) is 0 Å². The molecule has 128 valence electrons. The van der Waals surface area contributed by atoms with Crippen molar-refractivity contribution in [3.8, 4) is 12.1 Å². The van der Waals surface area contributed by atoms with E-state index in [9.17, 15) is 15.3 Å². The molecule has 2 unspecified atom stereocenters. The Labute approximate surface area is 141 Å². The second-order valence-electron chi connectivity index (χ2n) is 8.20. The highest BCUT2D eigenvalue weighted by Crippen LogP contribution is 2.41. The lowest BCUT2D eigenvalue weighted by molar-refractivity contribution is -0.145. The fourth-order valence-electron chi connectivity index (χ4n) is 3.07. The summed E-state index contributed by atoms with van der Waals surface area (Å²) in [5, 5.41) is 19.4. The summed E-state index contributed by atoms with van der Waals surface area (Å²) < 4.78 is 11.7. The van der Waals surface area contributed by atoms with Crippen molar-refractivity contribution in [1.29, 1.82) is 10.5 Å². The maximum Gasteiger partial charge on any atom is 0.296 e. The topological polar surface area (TPSA) is 83.1 Å². The van der Waals surface area contributed by atoms with Gasteiger partial charge in [0.15, 0.2) is 8.32 Å². The van der Waals surface area contributed by atoms with Gasteiger partial charge in [0.1, 0.15) is 12.1 Å². The molecule has 1 fully saturated rings. The van der Waals surface area contributed by atoms with Crippen LogP contribution in [-0.2, 0) is 13.6 Å². The lowest BCUT2D eigenvalue weighted by Crippen LogP contribution is -2.51. The molecule has 0 aliphatic heterocycles. The van der Waals surface area contributed by atoms with Crippen molar-refractivity contribution in [2.45, 2.75) is 70.6 Å². The van der Waals surface area contributed by atoms with E-state index in [0.29, 0.717) is 12.8 Å². The number of hydrogen-bond acceptors (Lipinski definition) is 5. The summed E-state index contributed by atoms with van der Waals surface area (Å²) >= 11 is 0. The van der Waals surface area contributed by atoms with E-state index in [1.54, 1.807) is 0 Å². The number of nitriles is 2. The van der Waals surface area contributed by atoms with E-state index in [-0.39, 0.29) is 5.97 Å². The number of hydrogen-bond donors (Lipinski definition) is 0. The van der Waals surface area contributed by atoms with Gasteiger partial charge in [0.05, 0.1) is 5.92 Å². The van der Waals surface area contributed by atoms with Crippen molar-refractivity contribution in [3.05, 3.63) is 0 Å². The van der Waals surface area contributed by atoms with Crippen LogP contribution in [0.4, 0.5) is 0 Å². The molecule has 0 saturated heterocycles. The molecule has 1 saturated carbocycles. The minimum atomic E-state index is -2.12. The first-order chi connectivity index (χ1) is 10.4. The Hall–Kier alpha value is -1.16. The highest BCUT2D eigenvalue weighted by molar-refractivity contribution is 6.71. The molecule has 0 N–H and O–H groups in total. The van der Waals surface area contributed by atoms with Gasteiger partial charge >= 0.3 is 0 Å². The fourth-order valence-corrected chi connectivity index (χ4v) is 5.04. The van der Waals surface area contributed by atoms with Crippen LogP contribution in [0.15, 0.2) is 0 Å². The molecule has 23 heavy (non-hydrogen) atoms. The van der Waals surface area contributed by atoms with E-state index in [2.05, 4.69) is 12.1 Å². The average Bonchev–Trinajstić information content (AvgIpc) is 2.42. The van der Waals surface area contributed by atoms with Gasteiger partial charge in [-0.05, 0) is 52.1 Å². The maximum absolute atomic E-state index is 12.6. The Balaban J connectivity index is 3.15. The van der Waals surface area contributed by atoms with Gasteiger partial charge in [0.25, 0.3) is 5.97 Å². The van der Waals surface area contributed by atoms with Gasteiger partial charge < -0.3 is 8.85 Å². The van der Waals surface area contributed by atoms with E-state index in [1.165, 1.54) is 0 Å². The molecule has 0 aromatic carbocycles. The molecule has 0 heterocycles. The summed E-state index contributed by atoms with van der Waals surface area (Å²) in [6, 6.07) is 4.19. The second kappa shape index (κ2) is 7.17. The molecule has 0 spiro atoms. The summed E-state index contributed by atoms with van der Waals surface area (Å²) in [5.41, 5.74) is -1.55. The van der Waals surface area contributed by atoms with Gasteiger partial charge in [0, 0.05) is 5.92 Å². The van der Waals surface area contributed by atoms with E-state index in [4.69, 9.17) is 8.85 Å². The van der Waals surface area contributed by atoms with Crippen molar-refractivity contribution in [2.24, 2.45) is 11.8 Å². The Morgan fingerprint density at radius 1 is 1.00 bits per heavy atom. The van der Waals surface area contributed by atoms with Gasteiger partial charge in [-0.2, -0.15) is 10.5 Å². The van der Waals surface area contributed by atoms with Gasteiger partial charge in [-0.1, -0.05) is 12.8 Å². The third-order valence-electron chi connectivity index (χ3n) is 3.80. The molecule has 1 rings (SSSR count). The fraction of sp³-hybridized carbons (Fsp3) is 0.812. The Kier molecular flexibility index (Phi) is 6.20. The van der Waals surface area contributed by atoms with Crippen LogP contribution in [0.25, 0.3) is 0 Å². The van der Waals surface area contributed by atoms with Crippen LogP contribution in [0.1, 0.15) is 25.7 Å². The number of carbonyl (C=O) groups is 1. The zero-order valence-electron chi connectivity index (χ0n) is 15.1. The largest absolute Gasteiger partial charge is 0.520 e. The third kappa shape index (κ3) is 5.45. The number of rotatable bonds is 5. The molecule has 2 atom stereocenters. The Morgan fingerprint density at radius 3 is 1.96 bits per heavy atom. The highest BCUT2D eigenvalue weighted by atomic mass is 28.4. The van der Waals surface area contributed by atoms with Gasteiger partial charge in [0.2, 0.25) is 13.9 Å². The zero-order chi connectivity index (χ0) is 17.9. The zero-order valence-corrected chi connectivity index (χ0v) is 17.1. The maximum atomic E-state index is 12.6. The summed E-state index contributed by atoms with van der Waals surface area (Å²) in [4.78, 5) is 12.6. The summed E-state index contributed by atoms with van der Waals surface area (Å²) in [6.07, 6.45) is 3.13. The van der Waals surface area contributed by atoms with Crippen LogP contribution >= 0.6 is 0 Å². The van der Waals surface area contributed by atoms with E-state index < -0.39 is 34.1 Å². The van der Waals surface area contributed by atoms with Crippen LogP contribution in [0.2, 0.25) is 39.3 Å². The predicted molar refractivity (Wildman–Crippen MR) is 93.3 cm³/mol. The van der Waals surface area contributed by atoms with Crippen molar-refractivity contribution in [1.82, 2.24) is 0 Å². The van der Waals surface area contributed by atoms with E-state index in [0.717, 1.165) is 12.8 Å². The monoisotopic (exact) mass is 352 g/mol. The van der Waals surface area contributed by atoms with E-state index in [1.807, 2.05) is 39.3 Å². The normalized spacial score (nSPS) is 22.8. The molecule has 5 nitrogen and oxygen atoms in total. The molecular weight excluding hydrogens is 324 g/mol. The van der Waals surface area contributed by atoms with Crippen LogP contribution in [-0.4, -0.2) is 28.2 Å². The molecular formula is C16H28N2O3Si2. The number of nitrogens with zero attached hydrogens (tertiary/aromatic N) is 2. The van der Waals surface area contributed by atoms with Gasteiger partial charge in [-0.25, -0.2) is 0 Å². The van der Waals surface area contributed by atoms with E-state index >= 15 is 0 Å². The molecule has 0 amide bonds. The predicted octanol–water partition coefficient (Wildman–Crippen LogP) is 3.81. The summed E-state index contributed by atoms with van der Waals surface area (Å²) in [7, 11) is -4.13. The first-order valence-corrected chi connectivity index (χ1v) is 15.0. The average molecular weight is 353 g/mol. The van der Waals surface area contributed by atoms with Gasteiger partial charge in [-0.15, -0.1) is 0 Å². The molecule has 0 aromatic rings. The second-order valence-corrected chi connectivity index (χ2v) is 17.1. The smallest absolute Gasteiger partial charge is 0.296 e. The van der Waals surface area contributed by atoms with Crippen molar-refractivity contribution < 1.29 is 13.6 Å². The van der Waals surface area contributed by atoms with Gasteiger partial charge in [-0.3, -0.25) is 4.79 Å². The minimum absolute atomic E-state index is 0.261. The Morgan fingerprint density at radius 2 is 1.52 bits per heavy atom. The molecule has 7 heteroatoms. The molecule has 1 aliphatic carbocycles. The molecule has 0 bridgehead atoms. The lowest BCUT2D eigenvalue weighted by atomic mass is 9.71. The molecule has 1 aliphatic rings. The summed E-state index contributed by atoms with van der Waals surface area (Å²) in [6.45, 7) is 11.7. The standard InChI is InChI=1S/C16H28N2O3Si2/c1-22(2,3)20-15(19)13-9-7-8-10-14(13)16(11-17,12-18)21-23(4,5)6/h13-14H,7-10H2,1-6H3. The van der Waals surface area contributed by atoms with Crippen molar-refractivity contribution >= 4 is 22.6 Å². The lowest BCUT2D eigenvalue weighted by Gasteiger charge is -2.40. The van der Waals surface area contributed by atoms with Crippen LogP contribution in [0, 0.1) is 34.5 Å². The first kappa shape index (κ1) is 19.9. The SMILES string of the molecule is C[Si](C)(C)OC(=O)C1CCCCC1C(C#N)(C#N)O[Si](C)(C)C. The van der Waals surface area contributed by atoms with Crippen molar-refractivity contribution in [2.75, 3.05) is 0 Å². The highest BCUT2D eigenvalue weighted by Gasteiger charge is 2.51. The first-order valence-electron chi connectivity index (χ1n) is 8.20. The van der Waals surface area contributed by atoms with Crippen LogP contribution < -0.4 is 0 Å². The minimum Gasteiger partial charge on any atom is -0.520 e. The quantitative estimate of drug-likeness (QED) is 0.703. The Bertz CT molecular complexity index is 509. The molecule has 0 radical (unpaired) electrons.